The highest BCUT2D eigenvalue weighted by atomic mass is 19.3. The summed E-state index contributed by atoms with van der Waals surface area (Å²) in [5.74, 6) is 0.420. The van der Waals surface area contributed by atoms with E-state index in [1.54, 1.807) is 36.9 Å². The van der Waals surface area contributed by atoms with Crippen molar-refractivity contribution in [3.05, 3.63) is 51.9 Å². The molecule has 3 aromatic rings. The minimum atomic E-state index is -2.62. The lowest BCUT2D eigenvalue weighted by Gasteiger charge is -2.36. The first-order valence-corrected chi connectivity index (χ1v) is 9.59. The molecule has 0 bridgehead atoms. The number of benzene rings is 1. The van der Waals surface area contributed by atoms with Crippen molar-refractivity contribution in [2.45, 2.75) is 26.8 Å². The molecule has 30 heavy (non-hydrogen) atoms. The molecule has 0 atom stereocenters. The van der Waals surface area contributed by atoms with Gasteiger partial charge < -0.3 is 14.3 Å². The lowest BCUT2D eigenvalue weighted by atomic mass is 10.1. The zero-order valence-electron chi connectivity index (χ0n) is 16.6. The molecule has 0 aliphatic carbocycles. The van der Waals surface area contributed by atoms with Crippen molar-refractivity contribution in [2.24, 2.45) is 0 Å². The smallest absolute Gasteiger partial charge is 0.261 e. The van der Waals surface area contributed by atoms with Gasteiger partial charge in [0.15, 0.2) is 0 Å². The van der Waals surface area contributed by atoms with Gasteiger partial charge in [-0.2, -0.15) is 0 Å². The topological polar surface area (TPSA) is 84.5 Å². The van der Waals surface area contributed by atoms with Gasteiger partial charge in [-0.1, -0.05) is 5.16 Å². The molecule has 1 fully saturated rings. The highest BCUT2D eigenvalue weighted by Crippen LogP contribution is 2.22. The van der Waals surface area contributed by atoms with E-state index in [-0.39, 0.29) is 5.91 Å². The van der Waals surface area contributed by atoms with Crippen LogP contribution in [0, 0.1) is 13.8 Å². The standard InChI is InChI=1S/C20H21F2N5O3/c1-12-18(13(2)30-24-12)20(29)26-7-5-25(6-8-26)14-3-4-15-16(9-14)23-11-27(19(15)28)10-17(21)22/h3-4,9,11,17H,5-8,10H2,1-2H3. The first-order valence-electron chi connectivity index (χ1n) is 9.59. The lowest BCUT2D eigenvalue weighted by Crippen LogP contribution is -2.49. The summed E-state index contributed by atoms with van der Waals surface area (Å²) in [6, 6.07) is 5.17. The third-order valence-electron chi connectivity index (χ3n) is 5.32. The van der Waals surface area contributed by atoms with Gasteiger partial charge in [-0.25, -0.2) is 13.8 Å². The third-order valence-corrected chi connectivity index (χ3v) is 5.32. The summed E-state index contributed by atoms with van der Waals surface area (Å²) >= 11 is 0. The summed E-state index contributed by atoms with van der Waals surface area (Å²) < 4.78 is 31.2. The van der Waals surface area contributed by atoms with Gasteiger partial charge in [-0.05, 0) is 32.0 Å². The molecule has 1 saturated heterocycles. The minimum Gasteiger partial charge on any atom is -0.368 e. The Kier molecular flexibility index (Phi) is 5.23. The monoisotopic (exact) mass is 417 g/mol. The van der Waals surface area contributed by atoms with Crippen LogP contribution in [0.2, 0.25) is 0 Å². The van der Waals surface area contributed by atoms with E-state index < -0.39 is 18.5 Å². The van der Waals surface area contributed by atoms with Crippen molar-refractivity contribution in [1.82, 2.24) is 19.6 Å². The number of aromatic nitrogens is 3. The van der Waals surface area contributed by atoms with Crippen LogP contribution >= 0.6 is 0 Å². The van der Waals surface area contributed by atoms with Gasteiger partial charge >= 0.3 is 0 Å². The summed E-state index contributed by atoms with van der Waals surface area (Å²) in [6.45, 7) is 5.09. The first-order chi connectivity index (χ1) is 14.3. The summed E-state index contributed by atoms with van der Waals surface area (Å²) in [5, 5.41) is 4.14. The molecule has 0 spiro atoms. The van der Waals surface area contributed by atoms with Crippen LogP contribution in [0.4, 0.5) is 14.5 Å². The number of alkyl halides is 2. The molecule has 1 aliphatic heterocycles. The zero-order valence-corrected chi connectivity index (χ0v) is 16.6. The maximum Gasteiger partial charge on any atom is 0.261 e. The fourth-order valence-corrected chi connectivity index (χ4v) is 3.74. The number of piperazine rings is 1. The average Bonchev–Trinajstić information content (AvgIpc) is 3.07. The largest absolute Gasteiger partial charge is 0.368 e. The second kappa shape index (κ2) is 7.85. The Morgan fingerprint density at radius 3 is 2.57 bits per heavy atom. The van der Waals surface area contributed by atoms with E-state index in [2.05, 4.69) is 15.0 Å². The molecule has 3 heterocycles. The molecule has 2 aromatic heterocycles. The van der Waals surface area contributed by atoms with E-state index in [1.165, 1.54) is 0 Å². The normalized spacial score (nSPS) is 14.7. The van der Waals surface area contributed by atoms with Gasteiger partial charge in [0.1, 0.15) is 11.3 Å². The molecular weight excluding hydrogens is 396 g/mol. The number of halogens is 2. The average molecular weight is 417 g/mol. The second-order valence-electron chi connectivity index (χ2n) is 7.27. The van der Waals surface area contributed by atoms with Crippen LogP contribution in [0.1, 0.15) is 21.8 Å². The van der Waals surface area contributed by atoms with Crippen molar-refractivity contribution >= 4 is 22.5 Å². The highest BCUT2D eigenvalue weighted by molar-refractivity contribution is 5.96. The number of hydrogen-bond donors (Lipinski definition) is 0. The summed E-state index contributed by atoms with van der Waals surface area (Å²) in [5.41, 5.74) is 1.93. The fraction of sp³-hybridized carbons (Fsp3) is 0.400. The number of carbonyl (C=O) groups is 1. The number of aryl methyl sites for hydroxylation is 2. The number of fused-ring (bicyclic) bond motifs is 1. The number of nitrogens with zero attached hydrogens (tertiary/aromatic N) is 5. The second-order valence-corrected chi connectivity index (χ2v) is 7.27. The van der Waals surface area contributed by atoms with Crippen molar-refractivity contribution < 1.29 is 18.1 Å². The SMILES string of the molecule is Cc1noc(C)c1C(=O)N1CCN(c2ccc3c(=O)n(CC(F)F)cnc3c2)CC1. The Labute approximate surface area is 170 Å². The van der Waals surface area contributed by atoms with Gasteiger partial charge in [0.2, 0.25) is 0 Å². The van der Waals surface area contributed by atoms with Crippen molar-refractivity contribution in [2.75, 3.05) is 31.1 Å². The quantitative estimate of drug-likeness (QED) is 0.647. The Hall–Kier alpha value is -3.30. The van der Waals surface area contributed by atoms with E-state index in [0.29, 0.717) is 54.1 Å². The fourth-order valence-electron chi connectivity index (χ4n) is 3.74. The number of amides is 1. The third kappa shape index (κ3) is 3.64. The molecule has 0 N–H and O–H groups in total. The zero-order chi connectivity index (χ0) is 21.4. The van der Waals surface area contributed by atoms with Gasteiger partial charge in [0.05, 0.1) is 29.5 Å². The van der Waals surface area contributed by atoms with Crippen LogP contribution in [-0.4, -0.2) is 58.1 Å². The summed E-state index contributed by atoms with van der Waals surface area (Å²) in [6.07, 6.45) is -1.47. The van der Waals surface area contributed by atoms with Crippen molar-refractivity contribution in [3.63, 3.8) is 0 Å². The highest BCUT2D eigenvalue weighted by Gasteiger charge is 2.27. The van der Waals surface area contributed by atoms with Crippen LogP contribution in [0.15, 0.2) is 33.8 Å². The van der Waals surface area contributed by atoms with Crippen LogP contribution < -0.4 is 10.5 Å². The van der Waals surface area contributed by atoms with Gasteiger partial charge in [0.25, 0.3) is 17.9 Å². The van der Waals surface area contributed by atoms with E-state index in [9.17, 15) is 18.4 Å². The van der Waals surface area contributed by atoms with Crippen molar-refractivity contribution in [1.29, 1.82) is 0 Å². The van der Waals surface area contributed by atoms with Crippen molar-refractivity contribution in [3.8, 4) is 0 Å². The maximum atomic E-state index is 12.8. The van der Waals surface area contributed by atoms with E-state index >= 15 is 0 Å². The molecule has 4 rings (SSSR count). The molecule has 0 radical (unpaired) electrons. The maximum absolute atomic E-state index is 12.8. The number of anilines is 1. The molecule has 1 aromatic carbocycles. The molecule has 10 heteroatoms. The molecular formula is C20H21F2N5O3. The molecule has 8 nitrogen and oxygen atoms in total. The molecule has 158 valence electrons. The van der Waals surface area contributed by atoms with E-state index in [1.807, 2.05) is 0 Å². The van der Waals surface area contributed by atoms with Crippen LogP contribution in [0.5, 0.6) is 0 Å². The van der Waals surface area contributed by atoms with Crippen LogP contribution in [-0.2, 0) is 6.54 Å². The molecule has 1 aliphatic rings. The van der Waals surface area contributed by atoms with Gasteiger partial charge in [-0.15, -0.1) is 0 Å². The lowest BCUT2D eigenvalue weighted by molar-refractivity contribution is 0.0744. The Balaban J connectivity index is 1.49. The van der Waals surface area contributed by atoms with E-state index in [4.69, 9.17) is 4.52 Å². The van der Waals surface area contributed by atoms with E-state index in [0.717, 1.165) is 16.6 Å². The molecule has 1 amide bonds. The van der Waals surface area contributed by atoms with Gasteiger partial charge in [0, 0.05) is 31.9 Å². The predicted molar refractivity (Wildman–Crippen MR) is 106 cm³/mol. The Morgan fingerprint density at radius 2 is 1.93 bits per heavy atom. The van der Waals surface area contributed by atoms with Crippen LogP contribution in [0.25, 0.3) is 10.9 Å². The Bertz CT molecular complexity index is 1130. The predicted octanol–water partition coefficient (Wildman–Crippen LogP) is 2.23. The summed E-state index contributed by atoms with van der Waals surface area (Å²) in [4.78, 5) is 33.2. The van der Waals surface area contributed by atoms with Gasteiger partial charge in [-0.3, -0.25) is 14.2 Å². The minimum absolute atomic E-state index is 0.0920. The molecule has 0 unspecified atom stereocenters. The number of rotatable bonds is 4. The first kappa shape index (κ1) is 20.0. The Morgan fingerprint density at radius 1 is 1.20 bits per heavy atom. The van der Waals surface area contributed by atoms with Crippen LogP contribution in [0.3, 0.4) is 0 Å². The summed E-state index contributed by atoms with van der Waals surface area (Å²) in [7, 11) is 0. The molecule has 0 saturated carbocycles. The number of carbonyl (C=O) groups excluding carboxylic acids is 1. The number of hydrogen-bond acceptors (Lipinski definition) is 6.